The summed E-state index contributed by atoms with van der Waals surface area (Å²) in [5, 5.41) is 11.2. The van der Waals surface area contributed by atoms with Gasteiger partial charge < -0.3 is 19.5 Å². The molecule has 0 bridgehead atoms. The maximum atomic E-state index is 12.8. The number of aromatic nitrogens is 1. The summed E-state index contributed by atoms with van der Waals surface area (Å²) >= 11 is 6.23. The lowest BCUT2D eigenvalue weighted by molar-refractivity contribution is -0.140. The summed E-state index contributed by atoms with van der Waals surface area (Å²) < 4.78 is 10.2. The second kappa shape index (κ2) is 8.41. The number of halogens is 1. The van der Waals surface area contributed by atoms with E-state index >= 15 is 0 Å². The second-order valence-electron chi connectivity index (χ2n) is 6.12. The normalized spacial score (nSPS) is 18.5. The van der Waals surface area contributed by atoms with E-state index in [0.717, 1.165) is 0 Å². The zero-order chi connectivity index (χ0) is 20.3. The van der Waals surface area contributed by atoms with Crippen LogP contribution in [0.2, 0.25) is 5.02 Å². The first-order chi connectivity index (χ1) is 13.5. The van der Waals surface area contributed by atoms with Gasteiger partial charge in [-0.1, -0.05) is 17.7 Å². The highest BCUT2D eigenvalue weighted by molar-refractivity contribution is 6.47. The van der Waals surface area contributed by atoms with Crippen LogP contribution in [-0.4, -0.2) is 54.1 Å². The number of hydrogen-bond donors (Lipinski definition) is 1. The molecule has 1 amide bonds. The monoisotopic (exact) mass is 402 g/mol. The van der Waals surface area contributed by atoms with Crippen LogP contribution in [0.5, 0.6) is 5.75 Å². The van der Waals surface area contributed by atoms with Crippen molar-refractivity contribution in [1.82, 2.24) is 9.88 Å². The number of hydrogen-bond acceptors (Lipinski definition) is 6. The van der Waals surface area contributed by atoms with Crippen molar-refractivity contribution in [3.05, 3.63) is 64.4 Å². The van der Waals surface area contributed by atoms with E-state index in [1.54, 1.807) is 36.7 Å². The fourth-order valence-electron chi connectivity index (χ4n) is 3.14. The van der Waals surface area contributed by atoms with Gasteiger partial charge in [0.1, 0.15) is 11.5 Å². The van der Waals surface area contributed by atoms with E-state index in [4.69, 9.17) is 21.1 Å². The van der Waals surface area contributed by atoms with Crippen LogP contribution in [0.25, 0.3) is 5.76 Å². The smallest absolute Gasteiger partial charge is 0.295 e. The predicted molar refractivity (Wildman–Crippen MR) is 103 cm³/mol. The molecule has 1 aromatic carbocycles. The quantitative estimate of drug-likeness (QED) is 0.454. The molecule has 1 aliphatic heterocycles. The molecule has 1 saturated heterocycles. The van der Waals surface area contributed by atoms with Gasteiger partial charge in [-0.25, -0.2) is 0 Å². The molecule has 1 fully saturated rings. The molecular formula is C20H19ClN2O5. The number of aliphatic hydroxyl groups is 1. The molecule has 2 aromatic rings. The van der Waals surface area contributed by atoms with Crippen LogP contribution in [0.1, 0.15) is 17.2 Å². The molecule has 1 N–H and O–H groups in total. The zero-order valence-electron chi connectivity index (χ0n) is 15.4. The van der Waals surface area contributed by atoms with Gasteiger partial charge in [0.05, 0.1) is 30.4 Å². The molecule has 1 unspecified atom stereocenters. The molecule has 0 aliphatic carbocycles. The van der Waals surface area contributed by atoms with Crippen molar-refractivity contribution < 1.29 is 24.2 Å². The average Bonchev–Trinajstić information content (AvgIpc) is 2.97. The van der Waals surface area contributed by atoms with Crippen LogP contribution in [0.15, 0.2) is 48.3 Å². The van der Waals surface area contributed by atoms with E-state index in [2.05, 4.69) is 4.98 Å². The van der Waals surface area contributed by atoms with E-state index in [1.807, 2.05) is 0 Å². The van der Waals surface area contributed by atoms with Crippen LogP contribution in [0.3, 0.4) is 0 Å². The number of carbonyl (C=O) groups excluding carboxylic acids is 2. The third-order valence-electron chi connectivity index (χ3n) is 4.51. The van der Waals surface area contributed by atoms with E-state index in [1.165, 1.54) is 25.2 Å². The SMILES string of the molecule is COCCN1C(=O)C(=O)/C(=C(/O)c2cc(OC)ccc2Cl)C1c1cccnc1. The summed E-state index contributed by atoms with van der Waals surface area (Å²) in [4.78, 5) is 30.9. The molecule has 146 valence electrons. The highest BCUT2D eigenvalue weighted by Crippen LogP contribution is 2.40. The van der Waals surface area contributed by atoms with Crippen molar-refractivity contribution in [2.24, 2.45) is 0 Å². The molecule has 1 aromatic heterocycles. The number of aliphatic hydroxyl groups excluding tert-OH is 1. The zero-order valence-corrected chi connectivity index (χ0v) is 16.1. The number of rotatable bonds is 6. The number of ether oxygens (including phenoxy) is 2. The van der Waals surface area contributed by atoms with Crippen molar-refractivity contribution >= 4 is 29.1 Å². The lowest BCUT2D eigenvalue weighted by Gasteiger charge is -2.24. The Kier molecular flexibility index (Phi) is 5.96. The van der Waals surface area contributed by atoms with Gasteiger partial charge in [0.25, 0.3) is 11.7 Å². The summed E-state index contributed by atoms with van der Waals surface area (Å²) in [6.07, 6.45) is 3.14. The highest BCUT2D eigenvalue weighted by Gasteiger charge is 2.46. The molecule has 2 heterocycles. The van der Waals surface area contributed by atoms with Gasteiger partial charge in [0, 0.05) is 31.6 Å². The van der Waals surface area contributed by atoms with Gasteiger partial charge >= 0.3 is 0 Å². The molecule has 0 radical (unpaired) electrons. The Hall–Kier alpha value is -2.90. The first-order valence-electron chi connectivity index (χ1n) is 8.50. The molecule has 1 atom stereocenters. The topological polar surface area (TPSA) is 89.0 Å². The number of nitrogens with zero attached hydrogens (tertiary/aromatic N) is 2. The summed E-state index contributed by atoms with van der Waals surface area (Å²) in [6, 6.07) is 7.34. The molecule has 8 heteroatoms. The Labute approximate surface area is 167 Å². The molecule has 28 heavy (non-hydrogen) atoms. The van der Waals surface area contributed by atoms with Crippen LogP contribution in [0.4, 0.5) is 0 Å². The predicted octanol–water partition coefficient (Wildman–Crippen LogP) is 2.81. The Morgan fingerprint density at radius 3 is 2.71 bits per heavy atom. The van der Waals surface area contributed by atoms with Crippen molar-refractivity contribution in [3.63, 3.8) is 0 Å². The highest BCUT2D eigenvalue weighted by atomic mass is 35.5. The maximum Gasteiger partial charge on any atom is 0.295 e. The number of benzene rings is 1. The van der Waals surface area contributed by atoms with E-state index in [9.17, 15) is 14.7 Å². The van der Waals surface area contributed by atoms with Gasteiger partial charge in [-0.05, 0) is 29.8 Å². The van der Waals surface area contributed by atoms with E-state index in [-0.39, 0.29) is 35.1 Å². The largest absolute Gasteiger partial charge is 0.507 e. The molecule has 7 nitrogen and oxygen atoms in total. The number of methoxy groups -OCH3 is 2. The number of ketones is 1. The molecule has 0 spiro atoms. The van der Waals surface area contributed by atoms with Gasteiger partial charge in [0.15, 0.2) is 0 Å². The van der Waals surface area contributed by atoms with Crippen molar-refractivity contribution in [2.75, 3.05) is 27.4 Å². The van der Waals surface area contributed by atoms with Gasteiger partial charge in [-0.2, -0.15) is 0 Å². The third-order valence-corrected chi connectivity index (χ3v) is 4.83. The first-order valence-corrected chi connectivity index (χ1v) is 8.88. The van der Waals surface area contributed by atoms with Crippen molar-refractivity contribution in [2.45, 2.75) is 6.04 Å². The van der Waals surface area contributed by atoms with Crippen LogP contribution in [0, 0.1) is 0 Å². The minimum absolute atomic E-state index is 0.0516. The van der Waals surface area contributed by atoms with Crippen LogP contribution < -0.4 is 4.74 Å². The average molecular weight is 403 g/mol. The Balaban J connectivity index is 2.19. The van der Waals surface area contributed by atoms with Crippen molar-refractivity contribution in [3.8, 4) is 5.75 Å². The summed E-state index contributed by atoms with van der Waals surface area (Å²) in [7, 11) is 2.98. The van der Waals surface area contributed by atoms with Crippen molar-refractivity contribution in [1.29, 1.82) is 0 Å². The number of carbonyl (C=O) groups is 2. The lowest BCUT2D eigenvalue weighted by Crippen LogP contribution is -2.32. The fourth-order valence-corrected chi connectivity index (χ4v) is 3.35. The number of Topliss-reactive ketones (excluding diaryl/α,β-unsaturated/α-hetero) is 1. The summed E-state index contributed by atoms with van der Waals surface area (Å²) in [5.74, 6) is -1.42. The van der Waals surface area contributed by atoms with E-state index < -0.39 is 17.7 Å². The van der Waals surface area contributed by atoms with Crippen LogP contribution >= 0.6 is 11.6 Å². The van der Waals surface area contributed by atoms with Crippen LogP contribution in [-0.2, 0) is 14.3 Å². The van der Waals surface area contributed by atoms with E-state index in [0.29, 0.717) is 11.3 Å². The number of likely N-dealkylation sites (tertiary alicyclic amines) is 1. The first kappa shape index (κ1) is 19.9. The minimum Gasteiger partial charge on any atom is -0.507 e. The summed E-state index contributed by atoms with van der Waals surface area (Å²) in [5.41, 5.74) is 0.752. The number of amides is 1. The molecule has 3 rings (SSSR count). The second-order valence-corrected chi connectivity index (χ2v) is 6.52. The Bertz CT molecular complexity index is 929. The molecule has 1 aliphatic rings. The lowest BCUT2D eigenvalue weighted by atomic mass is 9.96. The summed E-state index contributed by atoms with van der Waals surface area (Å²) in [6.45, 7) is 0.424. The molecular weight excluding hydrogens is 384 g/mol. The Morgan fingerprint density at radius 2 is 2.07 bits per heavy atom. The minimum atomic E-state index is -0.800. The Morgan fingerprint density at radius 1 is 1.29 bits per heavy atom. The maximum absolute atomic E-state index is 12.8. The van der Waals surface area contributed by atoms with Gasteiger partial charge in [-0.3, -0.25) is 14.6 Å². The van der Waals surface area contributed by atoms with Gasteiger partial charge in [-0.15, -0.1) is 0 Å². The standard InChI is InChI=1S/C20H19ClN2O5/c1-27-9-8-23-17(12-4-3-7-22-11-12)16(19(25)20(23)26)18(24)14-10-13(28-2)5-6-15(14)21/h3-7,10-11,17,24H,8-9H2,1-2H3/b18-16+. The fraction of sp³-hybridized carbons (Fsp3) is 0.250. The van der Waals surface area contributed by atoms with Gasteiger partial charge in [0.2, 0.25) is 0 Å². The molecule has 0 saturated carbocycles. The third kappa shape index (κ3) is 3.58. The number of pyridine rings is 1.